The summed E-state index contributed by atoms with van der Waals surface area (Å²) in [6.45, 7) is 4.59. The molecular weight excluding hydrogens is 478 g/mol. The van der Waals surface area contributed by atoms with Crippen molar-refractivity contribution >= 4 is 34.7 Å². The first-order valence-electron chi connectivity index (χ1n) is 11.9. The van der Waals surface area contributed by atoms with E-state index in [1.807, 2.05) is 31.2 Å². The number of aryl methyl sites for hydroxylation is 1. The largest absolute Gasteiger partial charge is 0.507 e. The maximum atomic E-state index is 13.4. The molecule has 4 rings (SSSR count). The van der Waals surface area contributed by atoms with Gasteiger partial charge in [0.05, 0.1) is 30.4 Å². The molecule has 1 aliphatic rings. The van der Waals surface area contributed by atoms with Crippen LogP contribution in [0.25, 0.3) is 5.76 Å². The van der Waals surface area contributed by atoms with Crippen LogP contribution in [0.3, 0.4) is 0 Å². The van der Waals surface area contributed by atoms with Crippen LogP contribution in [0.4, 0.5) is 5.69 Å². The molecule has 1 aliphatic heterocycles. The number of rotatable bonds is 8. The number of Topliss-reactive ketones (excluding diaryl/α,β-unsaturated/α-hetero) is 1. The maximum absolute atomic E-state index is 13.4. The van der Waals surface area contributed by atoms with E-state index in [1.165, 1.54) is 18.1 Å². The van der Waals surface area contributed by atoms with Crippen molar-refractivity contribution in [3.8, 4) is 11.5 Å². The molecule has 1 unspecified atom stereocenters. The van der Waals surface area contributed by atoms with Crippen LogP contribution in [0.5, 0.6) is 11.5 Å². The predicted octanol–water partition coefficient (Wildman–Crippen LogP) is 6.33. The van der Waals surface area contributed by atoms with Crippen LogP contribution in [0.1, 0.15) is 43.0 Å². The number of ketones is 1. The summed E-state index contributed by atoms with van der Waals surface area (Å²) in [7, 11) is 1.49. The lowest BCUT2D eigenvalue weighted by Gasteiger charge is -2.26. The summed E-state index contributed by atoms with van der Waals surface area (Å²) in [5, 5.41) is 11.6. The highest BCUT2D eigenvalue weighted by molar-refractivity contribution is 6.51. The third-order valence-electron chi connectivity index (χ3n) is 6.14. The van der Waals surface area contributed by atoms with Crippen molar-refractivity contribution < 1.29 is 24.2 Å². The van der Waals surface area contributed by atoms with Gasteiger partial charge in [0.1, 0.15) is 17.3 Å². The molecule has 1 heterocycles. The molecule has 1 saturated heterocycles. The Morgan fingerprint density at radius 3 is 2.42 bits per heavy atom. The lowest BCUT2D eigenvalue weighted by Crippen LogP contribution is -2.29. The standard InChI is InChI=1S/C29H28ClNO5/c1-4-15-36-22-8-6-7-21(17-22)31-26(19-11-9-18(5-2)10-12-19)25(28(33)29(31)34)27(32)20-13-14-24(35-3)23(30)16-20/h6-14,16-17,26,32H,4-5,15H2,1-3H3/b27-25+. The van der Waals surface area contributed by atoms with E-state index in [0.29, 0.717) is 34.9 Å². The number of aliphatic hydroxyl groups excluding tert-OH is 1. The number of anilines is 1. The second-order valence-corrected chi connectivity index (χ2v) is 8.87. The van der Waals surface area contributed by atoms with Gasteiger partial charge in [-0.05, 0) is 54.3 Å². The minimum absolute atomic E-state index is 0.00892. The fourth-order valence-electron chi connectivity index (χ4n) is 4.26. The molecule has 7 heteroatoms. The number of carbonyl (C=O) groups is 2. The van der Waals surface area contributed by atoms with Crippen molar-refractivity contribution in [1.82, 2.24) is 0 Å². The number of methoxy groups -OCH3 is 1. The highest BCUT2D eigenvalue weighted by atomic mass is 35.5. The van der Waals surface area contributed by atoms with Gasteiger partial charge in [-0.1, -0.05) is 55.8 Å². The van der Waals surface area contributed by atoms with Crippen LogP contribution in [0.15, 0.2) is 72.3 Å². The topological polar surface area (TPSA) is 76.1 Å². The van der Waals surface area contributed by atoms with E-state index in [0.717, 1.165) is 18.4 Å². The zero-order valence-corrected chi connectivity index (χ0v) is 21.2. The van der Waals surface area contributed by atoms with Gasteiger partial charge in [-0.25, -0.2) is 0 Å². The highest BCUT2D eigenvalue weighted by Gasteiger charge is 2.47. The van der Waals surface area contributed by atoms with Crippen LogP contribution in [-0.4, -0.2) is 30.5 Å². The average molecular weight is 506 g/mol. The Kier molecular flexibility index (Phi) is 7.65. The summed E-state index contributed by atoms with van der Waals surface area (Å²) in [6.07, 6.45) is 1.69. The van der Waals surface area contributed by atoms with Crippen molar-refractivity contribution in [2.24, 2.45) is 0 Å². The number of hydrogen-bond acceptors (Lipinski definition) is 5. The monoisotopic (exact) mass is 505 g/mol. The third kappa shape index (κ3) is 4.82. The summed E-state index contributed by atoms with van der Waals surface area (Å²) in [4.78, 5) is 28.2. The number of benzene rings is 3. The fourth-order valence-corrected chi connectivity index (χ4v) is 4.52. The molecule has 0 bridgehead atoms. The molecule has 0 aromatic heterocycles. The second-order valence-electron chi connectivity index (χ2n) is 8.46. The zero-order valence-electron chi connectivity index (χ0n) is 20.5. The van der Waals surface area contributed by atoms with Crippen molar-refractivity contribution in [1.29, 1.82) is 0 Å². The number of carbonyl (C=O) groups excluding carboxylic acids is 2. The van der Waals surface area contributed by atoms with Crippen LogP contribution in [-0.2, 0) is 16.0 Å². The Morgan fingerprint density at radius 2 is 1.78 bits per heavy atom. The number of hydrogen-bond donors (Lipinski definition) is 1. The molecule has 186 valence electrons. The summed E-state index contributed by atoms with van der Waals surface area (Å²) in [6, 6.07) is 18.6. The summed E-state index contributed by atoms with van der Waals surface area (Å²) < 4.78 is 11.0. The molecule has 1 N–H and O–H groups in total. The Balaban J connectivity index is 1.89. The number of aliphatic hydroxyl groups is 1. The van der Waals surface area contributed by atoms with E-state index in [2.05, 4.69) is 6.92 Å². The molecule has 1 atom stereocenters. The molecule has 1 amide bonds. The van der Waals surface area contributed by atoms with Crippen LogP contribution in [0, 0.1) is 0 Å². The quantitative estimate of drug-likeness (QED) is 0.220. The van der Waals surface area contributed by atoms with Crippen molar-refractivity contribution in [3.63, 3.8) is 0 Å². The molecule has 3 aromatic carbocycles. The summed E-state index contributed by atoms with van der Waals surface area (Å²) in [5.74, 6) is -0.775. The van der Waals surface area contributed by atoms with Gasteiger partial charge in [0.25, 0.3) is 11.7 Å². The number of halogens is 1. The minimum atomic E-state index is -0.835. The van der Waals surface area contributed by atoms with E-state index in [-0.39, 0.29) is 16.4 Å². The molecule has 0 spiro atoms. The van der Waals surface area contributed by atoms with Gasteiger partial charge in [0.15, 0.2) is 0 Å². The Bertz CT molecular complexity index is 1320. The Hall–Kier alpha value is -3.77. The second kappa shape index (κ2) is 10.9. The van der Waals surface area contributed by atoms with Gasteiger partial charge in [0, 0.05) is 17.3 Å². The first-order chi connectivity index (χ1) is 17.4. The van der Waals surface area contributed by atoms with E-state index in [9.17, 15) is 14.7 Å². The summed E-state index contributed by atoms with van der Waals surface area (Å²) >= 11 is 6.28. The normalized spacial score (nSPS) is 16.9. The average Bonchev–Trinajstić information content (AvgIpc) is 3.17. The van der Waals surface area contributed by atoms with Crippen molar-refractivity contribution in [2.75, 3.05) is 18.6 Å². The predicted molar refractivity (Wildman–Crippen MR) is 141 cm³/mol. The van der Waals surface area contributed by atoms with Crippen LogP contribution >= 0.6 is 11.6 Å². The number of amides is 1. The number of nitrogens with zero attached hydrogens (tertiary/aromatic N) is 1. The molecule has 6 nitrogen and oxygen atoms in total. The fraction of sp³-hybridized carbons (Fsp3) is 0.241. The molecule has 36 heavy (non-hydrogen) atoms. The summed E-state index contributed by atoms with van der Waals surface area (Å²) in [5.41, 5.74) is 2.63. The third-order valence-corrected chi connectivity index (χ3v) is 6.44. The van der Waals surface area contributed by atoms with Crippen LogP contribution < -0.4 is 14.4 Å². The highest BCUT2D eigenvalue weighted by Crippen LogP contribution is 2.43. The lowest BCUT2D eigenvalue weighted by atomic mass is 9.94. The molecule has 0 aliphatic carbocycles. The molecule has 3 aromatic rings. The van der Waals surface area contributed by atoms with E-state index >= 15 is 0 Å². The van der Waals surface area contributed by atoms with Crippen LogP contribution in [0.2, 0.25) is 5.02 Å². The van der Waals surface area contributed by atoms with Gasteiger partial charge in [-0.15, -0.1) is 0 Å². The van der Waals surface area contributed by atoms with Gasteiger partial charge in [-0.2, -0.15) is 0 Å². The molecule has 1 fully saturated rings. The molecular formula is C29H28ClNO5. The van der Waals surface area contributed by atoms with E-state index in [4.69, 9.17) is 21.1 Å². The minimum Gasteiger partial charge on any atom is -0.507 e. The Labute approximate surface area is 215 Å². The van der Waals surface area contributed by atoms with Crippen molar-refractivity contribution in [2.45, 2.75) is 32.7 Å². The maximum Gasteiger partial charge on any atom is 0.300 e. The van der Waals surface area contributed by atoms with E-state index < -0.39 is 17.7 Å². The lowest BCUT2D eigenvalue weighted by molar-refractivity contribution is -0.132. The first kappa shape index (κ1) is 25.3. The molecule has 0 saturated carbocycles. The zero-order chi connectivity index (χ0) is 25.8. The van der Waals surface area contributed by atoms with E-state index in [1.54, 1.807) is 36.4 Å². The number of ether oxygens (including phenoxy) is 2. The van der Waals surface area contributed by atoms with Gasteiger partial charge < -0.3 is 14.6 Å². The van der Waals surface area contributed by atoms with Gasteiger partial charge in [0.2, 0.25) is 0 Å². The van der Waals surface area contributed by atoms with Gasteiger partial charge >= 0.3 is 0 Å². The Morgan fingerprint density at radius 1 is 1.03 bits per heavy atom. The van der Waals surface area contributed by atoms with Crippen molar-refractivity contribution in [3.05, 3.63) is 94.0 Å². The van der Waals surface area contributed by atoms with Gasteiger partial charge in [-0.3, -0.25) is 14.5 Å². The SMILES string of the molecule is CCCOc1cccc(N2C(=O)C(=O)/C(=C(/O)c3ccc(OC)c(Cl)c3)C2c2ccc(CC)cc2)c1. The first-order valence-corrected chi connectivity index (χ1v) is 12.2. The smallest absolute Gasteiger partial charge is 0.300 e. The molecule has 0 radical (unpaired) electrons.